The highest BCUT2D eigenvalue weighted by atomic mass is 19.1. The van der Waals surface area contributed by atoms with E-state index in [0.29, 0.717) is 30.0 Å². The van der Waals surface area contributed by atoms with Gasteiger partial charge < -0.3 is 15.4 Å². The zero-order valence-corrected chi connectivity index (χ0v) is 18.1. The first-order valence-corrected chi connectivity index (χ1v) is 10.7. The lowest BCUT2D eigenvalue weighted by Crippen LogP contribution is -2.16. The van der Waals surface area contributed by atoms with E-state index in [9.17, 15) is 18.8 Å². The van der Waals surface area contributed by atoms with Gasteiger partial charge in [0.2, 0.25) is 5.91 Å². The number of ether oxygens (including phenoxy) is 1. The van der Waals surface area contributed by atoms with Crippen molar-refractivity contribution in [1.82, 2.24) is 0 Å². The molecule has 3 aromatic carbocycles. The van der Waals surface area contributed by atoms with E-state index in [0.717, 1.165) is 6.42 Å². The molecule has 3 aromatic rings. The van der Waals surface area contributed by atoms with Crippen LogP contribution >= 0.6 is 0 Å². The standard InChI is InChI=1S/C26H25FN2O4/c27-21-11-13-22(14-12-21)29-26(32)20-9-4-10-23(18-20)28-24(30)15-16-25(31)33-17-5-8-19-6-2-1-3-7-19/h1-4,6-7,9-14,18H,5,8,15-17H2,(H,28,30)(H,29,32). The van der Waals surface area contributed by atoms with Gasteiger partial charge in [0.05, 0.1) is 13.0 Å². The second-order valence-electron chi connectivity index (χ2n) is 7.40. The fourth-order valence-electron chi connectivity index (χ4n) is 3.09. The van der Waals surface area contributed by atoms with Gasteiger partial charge in [-0.05, 0) is 60.9 Å². The molecule has 7 heteroatoms. The van der Waals surface area contributed by atoms with Gasteiger partial charge in [0.25, 0.3) is 5.91 Å². The van der Waals surface area contributed by atoms with Crippen molar-refractivity contribution in [1.29, 1.82) is 0 Å². The van der Waals surface area contributed by atoms with Crippen molar-refractivity contribution in [3.63, 3.8) is 0 Å². The molecule has 0 aliphatic heterocycles. The number of amides is 2. The second kappa shape index (κ2) is 12.1. The van der Waals surface area contributed by atoms with Crippen LogP contribution in [0.3, 0.4) is 0 Å². The molecule has 6 nitrogen and oxygen atoms in total. The molecular formula is C26H25FN2O4. The molecule has 0 heterocycles. The van der Waals surface area contributed by atoms with Gasteiger partial charge in [-0.1, -0.05) is 36.4 Å². The van der Waals surface area contributed by atoms with E-state index in [2.05, 4.69) is 10.6 Å². The van der Waals surface area contributed by atoms with Gasteiger partial charge in [-0.3, -0.25) is 14.4 Å². The molecule has 0 atom stereocenters. The lowest BCUT2D eigenvalue weighted by molar-refractivity contribution is -0.144. The lowest BCUT2D eigenvalue weighted by atomic mass is 10.1. The normalized spacial score (nSPS) is 10.3. The third-order valence-corrected chi connectivity index (χ3v) is 4.78. The molecule has 0 saturated heterocycles. The summed E-state index contributed by atoms with van der Waals surface area (Å²) in [5, 5.41) is 5.34. The van der Waals surface area contributed by atoms with Crippen molar-refractivity contribution in [2.75, 3.05) is 17.2 Å². The van der Waals surface area contributed by atoms with Crippen LogP contribution in [0.5, 0.6) is 0 Å². The van der Waals surface area contributed by atoms with Crippen LogP contribution in [0.1, 0.15) is 35.2 Å². The predicted molar refractivity (Wildman–Crippen MR) is 124 cm³/mol. The maximum atomic E-state index is 13.0. The number of halogens is 1. The van der Waals surface area contributed by atoms with Crippen LogP contribution in [0.15, 0.2) is 78.9 Å². The number of esters is 1. The Hall–Kier alpha value is -4.00. The molecule has 0 radical (unpaired) electrons. The molecule has 170 valence electrons. The minimum Gasteiger partial charge on any atom is -0.466 e. The molecule has 0 saturated carbocycles. The fourth-order valence-corrected chi connectivity index (χ4v) is 3.09. The summed E-state index contributed by atoms with van der Waals surface area (Å²) in [5.41, 5.74) is 2.40. The molecular weight excluding hydrogens is 423 g/mol. The van der Waals surface area contributed by atoms with E-state index in [1.807, 2.05) is 30.3 Å². The number of rotatable bonds is 10. The Kier molecular flexibility index (Phi) is 8.71. The molecule has 2 N–H and O–H groups in total. The van der Waals surface area contributed by atoms with Crippen molar-refractivity contribution < 1.29 is 23.5 Å². The number of hydrogen-bond donors (Lipinski definition) is 2. The minimum absolute atomic E-state index is 0.0243. The van der Waals surface area contributed by atoms with Crippen LogP contribution in [0.2, 0.25) is 0 Å². The molecule has 3 rings (SSSR count). The maximum absolute atomic E-state index is 13.0. The third-order valence-electron chi connectivity index (χ3n) is 4.78. The van der Waals surface area contributed by atoms with Crippen molar-refractivity contribution in [2.24, 2.45) is 0 Å². The number of aryl methyl sites for hydroxylation is 1. The number of benzene rings is 3. The third kappa shape index (κ3) is 8.22. The van der Waals surface area contributed by atoms with Crippen molar-refractivity contribution >= 4 is 29.2 Å². The van der Waals surface area contributed by atoms with E-state index in [-0.39, 0.29) is 18.7 Å². The Morgan fingerprint density at radius 1 is 0.788 bits per heavy atom. The summed E-state index contributed by atoms with van der Waals surface area (Å²) in [6, 6.07) is 21.8. The minimum atomic E-state index is -0.425. The molecule has 33 heavy (non-hydrogen) atoms. The average molecular weight is 448 g/mol. The summed E-state index contributed by atoms with van der Waals surface area (Å²) in [7, 11) is 0. The van der Waals surface area contributed by atoms with Crippen LogP contribution < -0.4 is 10.6 Å². The van der Waals surface area contributed by atoms with Gasteiger partial charge in [-0.2, -0.15) is 0 Å². The Balaban J connectivity index is 1.39. The first-order chi connectivity index (χ1) is 16.0. The van der Waals surface area contributed by atoms with Gasteiger partial charge >= 0.3 is 5.97 Å². The number of anilines is 2. The smallest absolute Gasteiger partial charge is 0.306 e. The largest absolute Gasteiger partial charge is 0.466 e. The Morgan fingerprint density at radius 3 is 2.30 bits per heavy atom. The molecule has 0 aromatic heterocycles. The Labute approximate surface area is 191 Å². The summed E-state index contributed by atoms with van der Waals surface area (Å²) < 4.78 is 18.2. The average Bonchev–Trinajstić information content (AvgIpc) is 2.83. The zero-order chi connectivity index (χ0) is 23.5. The quantitative estimate of drug-likeness (QED) is 0.339. The zero-order valence-electron chi connectivity index (χ0n) is 18.1. The molecule has 0 spiro atoms. The van der Waals surface area contributed by atoms with E-state index in [4.69, 9.17) is 4.74 Å². The van der Waals surface area contributed by atoms with E-state index < -0.39 is 17.7 Å². The number of hydrogen-bond acceptors (Lipinski definition) is 4. The maximum Gasteiger partial charge on any atom is 0.306 e. The van der Waals surface area contributed by atoms with Crippen LogP contribution in [0.4, 0.5) is 15.8 Å². The molecule has 0 unspecified atom stereocenters. The Bertz CT molecular complexity index is 1080. The van der Waals surface area contributed by atoms with Crippen LogP contribution in [0.25, 0.3) is 0 Å². The summed E-state index contributed by atoms with van der Waals surface area (Å²) in [4.78, 5) is 36.4. The molecule has 0 bridgehead atoms. The first-order valence-electron chi connectivity index (χ1n) is 10.7. The van der Waals surface area contributed by atoms with Crippen molar-refractivity contribution in [3.8, 4) is 0 Å². The van der Waals surface area contributed by atoms with Gasteiger partial charge in [0.15, 0.2) is 0 Å². The number of carbonyl (C=O) groups excluding carboxylic acids is 3. The summed E-state index contributed by atoms with van der Waals surface area (Å²) >= 11 is 0. The highest BCUT2D eigenvalue weighted by Crippen LogP contribution is 2.15. The van der Waals surface area contributed by atoms with Crippen molar-refractivity contribution in [3.05, 3.63) is 95.8 Å². The molecule has 0 aliphatic rings. The molecule has 0 fully saturated rings. The highest BCUT2D eigenvalue weighted by molar-refractivity contribution is 6.05. The van der Waals surface area contributed by atoms with E-state index >= 15 is 0 Å². The van der Waals surface area contributed by atoms with Crippen LogP contribution in [-0.2, 0) is 20.7 Å². The van der Waals surface area contributed by atoms with Gasteiger partial charge in [-0.15, -0.1) is 0 Å². The molecule has 2 amide bonds. The SMILES string of the molecule is O=C(CCC(=O)OCCCc1ccccc1)Nc1cccc(C(=O)Nc2ccc(F)cc2)c1. The van der Waals surface area contributed by atoms with Crippen LogP contribution in [-0.4, -0.2) is 24.4 Å². The highest BCUT2D eigenvalue weighted by Gasteiger charge is 2.11. The van der Waals surface area contributed by atoms with Gasteiger partial charge in [0, 0.05) is 23.4 Å². The lowest BCUT2D eigenvalue weighted by Gasteiger charge is -2.09. The summed E-state index contributed by atoms with van der Waals surface area (Å²) in [5.74, 6) is -1.57. The van der Waals surface area contributed by atoms with Crippen LogP contribution in [0, 0.1) is 5.82 Å². The topological polar surface area (TPSA) is 84.5 Å². The first kappa shape index (κ1) is 23.7. The molecule has 0 aliphatic carbocycles. The Morgan fingerprint density at radius 2 is 1.55 bits per heavy atom. The monoisotopic (exact) mass is 448 g/mol. The second-order valence-corrected chi connectivity index (χ2v) is 7.40. The van der Waals surface area contributed by atoms with E-state index in [1.165, 1.54) is 35.9 Å². The fraction of sp³-hybridized carbons (Fsp3) is 0.192. The van der Waals surface area contributed by atoms with Gasteiger partial charge in [-0.25, -0.2) is 4.39 Å². The number of nitrogens with one attached hydrogen (secondary N) is 2. The number of carbonyl (C=O) groups is 3. The van der Waals surface area contributed by atoms with E-state index in [1.54, 1.807) is 18.2 Å². The summed E-state index contributed by atoms with van der Waals surface area (Å²) in [6.07, 6.45) is 1.49. The van der Waals surface area contributed by atoms with Gasteiger partial charge in [0.1, 0.15) is 5.82 Å². The van der Waals surface area contributed by atoms with Crippen molar-refractivity contribution in [2.45, 2.75) is 25.7 Å². The summed E-state index contributed by atoms with van der Waals surface area (Å²) in [6.45, 7) is 0.306. The predicted octanol–water partition coefficient (Wildman–Crippen LogP) is 4.97.